The Bertz CT molecular complexity index is 2640. The van der Waals surface area contributed by atoms with Gasteiger partial charge < -0.3 is 0 Å². The third kappa shape index (κ3) is 5.83. The summed E-state index contributed by atoms with van der Waals surface area (Å²) in [5, 5.41) is 6.73. The summed E-state index contributed by atoms with van der Waals surface area (Å²) in [7, 11) is -7.28. The summed E-state index contributed by atoms with van der Waals surface area (Å²) in [4.78, 5) is 0. The molecule has 0 aliphatic carbocycles. The lowest BCUT2D eigenvalue weighted by atomic mass is 10.1. The molecular weight excluding hydrogens is 645 g/mol. The third-order valence-corrected chi connectivity index (χ3v) is 18.9. The van der Waals surface area contributed by atoms with E-state index >= 15 is 0 Å². The Labute approximate surface area is 315 Å². The van der Waals surface area contributed by atoms with E-state index in [4.69, 9.17) is 6.85 Å². The van der Waals surface area contributed by atoms with E-state index in [0.29, 0.717) is 21.5 Å². The van der Waals surface area contributed by atoms with Crippen molar-refractivity contribution in [3.63, 3.8) is 0 Å². The standard InChI is InChI=1S/C49H40Si2/c1-39-35-48(50(42-24-10-3-11-25-42,43-26-12-4-13-27-43)44-28-14-5-15-29-44)38-49(36-39)51(45-30-16-6-17-31-45,46-32-18-7-19-33-46)47-34-20-23-41(37-47)40-21-8-2-9-22-40/h2-38H,1H3/i2D,8D,9D,21D,22D,35D,36D,38D. The topological polar surface area (TPSA) is 0 Å². The van der Waals surface area contributed by atoms with Gasteiger partial charge in [0.25, 0.3) is 0 Å². The fraction of sp³-hybridized carbons (Fsp3) is 0.0204. The largest absolute Gasteiger partial charge is 0.179 e. The fourth-order valence-corrected chi connectivity index (χ4v) is 17.0. The van der Waals surface area contributed by atoms with Gasteiger partial charge in [-0.1, -0.05) is 230 Å². The molecule has 8 aromatic rings. The van der Waals surface area contributed by atoms with Gasteiger partial charge in [0.15, 0.2) is 16.1 Å². The normalized spacial score (nSPS) is 13.8. The van der Waals surface area contributed by atoms with Gasteiger partial charge >= 0.3 is 0 Å². The van der Waals surface area contributed by atoms with Crippen LogP contribution in [0, 0.1) is 6.92 Å². The van der Waals surface area contributed by atoms with E-state index < -0.39 is 34.3 Å². The van der Waals surface area contributed by atoms with Crippen molar-refractivity contribution >= 4 is 57.6 Å². The second-order valence-electron chi connectivity index (χ2n) is 12.7. The summed E-state index contributed by atoms with van der Waals surface area (Å²) in [5.41, 5.74) is 0.995. The zero-order valence-corrected chi connectivity index (χ0v) is 30.2. The molecule has 0 spiro atoms. The van der Waals surface area contributed by atoms with Gasteiger partial charge in [-0.2, -0.15) is 0 Å². The summed E-state index contributed by atoms with van der Waals surface area (Å²) in [6.07, 6.45) is 0. The fourth-order valence-electron chi connectivity index (χ4n) is 7.58. The van der Waals surface area contributed by atoms with Crippen molar-refractivity contribution in [1.82, 2.24) is 0 Å². The number of benzene rings is 8. The Balaban J connectivity index is 1.60. The molecule has 0 nitrogen and oxygen atoms in total. The van der Waals surface area contributed by atoms with Gasteiger partial charge in [-0.15, -0.1) is 0 Å². The molecule has 0 amide bonds. The third-order valence-electron chi connectivity index (χ3n) is 9.74. The molecule has 51 heavy (non-hydrogen) atoms. The van der Waals surface area contributed by atoms with Crippen LogP contribution in [-0.4, -0.2) is 16.1 Å². The van der Waals surface area contributed by atoms with Crippen LogP contribution in [0.15, 0.2) is 224 Å². The van der Waals surface area contributed by atoms with Gasteiger partial charge in [-0.3, -0.25) is 0 Å². The highest BCUT2D eigenvalue weighted by molar-refractivity contribution is 7.22. The molecule has 2 heteroatoms. The second-order valence-corrected chi connectivity index (χ2v) is 20.1. The zero-order chi connectivity index (χ0) is 41.5. The first-order chi connectivity index (χ1) is 28.6. The van der Waals surface area contributed by atoms with Crippen molar-refractivity contribution in [3.8, 4) is 11.1 Å². The summed E-state index contributed by atoms with van der Waals surface area (Å²) in [5.74, 6) is 0. The van der Waals surface area contributed by atoms with Crippen LogP contribution in [-0.2, 0) is 0 Å². The molecule has 0 N–H and O–H groups in total. The lowest BCUT2D eigenvalue weighted by Crippen LogP contribution is -2.78. The molecule has 0 heterocycles. The zero-order valence-electron chi connectivity index (χ0n) is 36.2. The van der Waals surface area contributed by atoms with Gasteiger partial charge in [-0.05, 0) is 59.5 Å². The van der Waals surface area contributed by atoms with Crippen LogP contribution in [0.3, 0.4) is 0 Å². The van der Waals surface area contributed by atoms with Gasteiger partial charge in [0.1, 0.15) is 0 Å². The Morgan fingerprint density at radius 1 is 0.333 bits per heavy atom. The number of hydrogen-bond acceptors (Lipinski definition) is 0. The molecule has 0 aliphatic rings. The van der Waals surface area contributed by atoms with Crippen LogP contribution in [0.4, 0.5) is 0 Å². The van der Waals surface area contributed by atoms with Crippen molar-refractivity contribution in [3.05, 3.63) is 230 Å². The first-order valence-corrected chi connectivity index (χ1v) is 21.1. The predicted octanol–water partition coefficient (Wildman–Crippen LogP) is 6.42. The van der Waals surface area contributed by atoms with Crippen molar-refractivity contribution in [2.45, 2.75) is 6.92 Å². The van der Waals surface area contributed by atoms with E-state index in [9.17, 15) is 4.11 Å². The minimum atomic E-state index is -3.78. The highest BCUT2D eigenvalue weighted by atomic mass is 28.3. The van der Waals surface area contributed by atoms with Crippen LogP contribution < -0.4 is 41.5 Å². The monoisotopic (exact) mass is 692 g/mol. The minimum absolute atomic E-state index is 0.0844. The van der Waals surface area contributed by atoms with Gasteiger partial charge in [-0.25, -0.2) is 0 Å². The molecule has 0 radical (unpaired) electrons. The summed E-state index contributed by atoms with van der Waals surface area (Å²) < 4.78 is 74.1. The molecule has 8 aromatic carbocycles. The summed E-state index contributed by atoms with van der Waals surface area (Å²) in [6.45, 7) is 1.83. The molecule has 0 aliphatic heterocycles. The molecule has 0 aromatic heterocycles. The van der Waals surface area contributed by atoms with Crippen LogP contribution in [0.25, 0.3) is 11.1 Å². The smallest absolute Gasteiger partial charge is 0.0623 e. The Morgan fingerprint density at radius 3 is 1.08 bits per heavy atom. The number of rotatable bonds is 9. The average molecular weight is 693 g/mol. The van der Waals surface area contributed by atoms with Gasteiger partial charge in [0.05, 0.1) is 11.0 Å². The Morgan fingerprint density at radius 2 is 0.686 bits per heavy atom. The van der Waals surface area contributed by atoms with Crippen molar-refractivity contribution in [2.75, 3.05) is 0 Å². The minimum Gasteiger partial charge on any atom is -0.0623 e. The average Bonchev–Trinajstić information content (AvgIpc) is 3.29. The van der Waals surface area contributed by atoms with E-state index in [0.717, 1.165) is 31.1 Å². The molecule has 0 atom stereocenters. The molecule has 0 saturated heterocycles. The lowest BCUT2D eigenvalue weighted by Gasteiger charge is -2.38. The van der Waals surface area contributed by atoms with E-state index in [2.05, 4.69) is 60.7 Å². The van der Waals surface area contributed by atoms with E-state index in [1.54, 1.807) is 6.07 Å². The van der Waals surface area contributed by atoms with Gasteiger partial charge in [0, 0.05) is 0 Å². The maximum absolute atomic E-state index is 10.8. The molecule has 0 bridgehead atoms. The maximum Gasteiger partial charge on any atom is 0.179 e. The van der Waals surface area contributed by atoms with Crippen LogP contribution in [0.2, 0.25) is 0 Å². The lowest BCUT2D eigenvalue weighted by molar-refractivity contribution is 1.50. The Kier molecular flexibility index (Phi) is 6.78. The predicted molar refractivity (Wildman–Crippen MR) is 224 cm³/mol. The van der Waals surface area contributed by atoms with Crippen molar-refractivity contribution in [2.24, 2.45) is 0 Å². The van der Waals surface area contributed by atoms with Crippen LogP contribution in [0.1, 0.15) is 16.5 Å². The molecule has 0 fully saturated rings. The first-order valence-electron chi connectivity index (χ1n) is 21.1. The first kappa shape index (κ1) is 24.4. The van der Waals surface area contributed by atoms with Crippen LogP contribution in [0.5, 0.6) is 0 Å². The molecular formula is C49H40Si2. The highest BCUT2D eigenvalue weighted by Gasteiger charge is 2.45. The van der Waals surface area contributed by atoms with Gasteiger partial charge in [0.2, 0.25) is 0 Å². The van der Waals surface area contributed by atoms with Crippen molar-refractivity contribution < 1.29 is 11.0 Å². The quantitative estimate of drug-likeness (QED) is 0.121. The van der Waals surface area contributed by atoms with Crippen LogP contribution >= 0.6 is 0 Å². The van der Waals surface area contributed by atoms with Crippen molar-refractivity contribution in [1.29, 1.82) is 0 Å². The second kappa shape index (κ2) is 14.2. The van der Waals surface area contributed by atoms with E-state index in [-0.39, 0.29) is 35.8 Å². The highest BCUT2D eigenvalue weighted by Crippen LogP contribution is 2.20. The summed E-state index contributed by atoms with van der Waals surface area (Å²) in [6, 6.07) is 56.7. The summed E-state index contributed by atoms with van der Waals surface area (Å²) >= 11 is 0. The number of hydrogen-bond donors (Lipinski definition) is 0. The molecule has 244 valence electrons. The molecule has 8 rings (SSSR count). The molecule has 0 unspecified atom stereocenters. The molecule has 0 saturated carbocycles. The van der Waals surface area contributed by atoms with E-state index in [1.807, 2.05) is 116 Å². The SMILES string of the molecule is [2H]c1c([2H])c([2H])c(-c2cccc([Si](c3ccccc3)(c3ccccc3)c3c([2H])c(C)c([2H])c([Si](c4ccccc4)(c4ccccc4)c4ccccc4)c3[2H])c2)c([2H])c1[2H]. The van der Waals surface area contributed by atoms with E-state index in [1.165, 1.54) is 0 Å². The maximum atomic E-state index is 10.8. The Hall–Kier alpha value is -5.81.